The lowest BCUT2D eigenvalue weighted by Gasteiger charge is -2.22. The highest BCUT2D eigenvalue weighted by atomic mass is 32.1. The van der Waals surface area contributed by atoms with Gasteiger partial charge in [-0.25, -0.2) is 9.37 Å². The van der Waals surface area contributed by atoms with Crippen molar-refractivity contribution < 1.29 is 23.5 Å². The summed E-state index contributed by atoms with van der Waals surface area (Å²) in [5.41, 5.74) is 0.973. The molecule has 1 N–H and O–H groups in total. The lowest BCUT2D eigenvalue weighted by molar-refractivity contribution is -0.117. The van der Waals surface area contributed by atoms with Gasteiger partial charge in [-0.2, -0.15) is 0 Å². The first-order chi connectivity index (χ1) is 16.0. The molecule has 1 aliphatic heterocycles. The number of Topliss-reactive ketones (excluding diaryl/α,β-unsaturated/α-hetero) is 1. The fraction of sp³-hybridized carbons (Fsp3) is 0.0417. The number of ketones is 1. The third-order valence-corrected chi connectivity index (χ3v) is 7.40. The van der Waals surface area contributed by atoms with Crippen molar-refractivity contribution in [1.82, 2.24) is 4.98 Å². The van der Waals surface area contributed by atoms with Crippen molar-refractivity contribution >= 4 is 60.7 Å². The molecule has 0 aliphatic carbocycles. The molecule has 9 heteroatoms. The second kappa shape index (κ2) is 7.36. The van der Waals surface area contributed by atoms with Crippen LogP contribution >= 0.6 is 22.7 Å². The Bertz CT molecular complexity index is 1570. The number of aromatic nitrogens is 1. The van der Waals surface area contributed by atoms with Crippen LogP contribution in [0.5, 0.6) is 0 Å². The van der Waals surface area contributed by atoms with E-state index in [0.717, 1.165) is 16.7 Å². The second-order valence-corrected chi connectivity index (χ2v) is 9.43. The SMILES string of the molecule is O=C(C1=C(O)C(=O)N(c2nc3ccc(F)cc3s2)C1c1cccs1)c1cc2ccccc2o1. The summed E-state index contributed by atoms with van der Waals surface area (Å²) in [6.07, 6.45) is 0. The molecule has 1 aliphatic rings. The van der Waals surface area contributed by atoms with Gasteiger partial charge < -0.3 is 9.52 Å². The van der Waals surface area contributed by atoms with Crippen molar-refractivity contribution in [2.75, 3.05) is 4.90 Å². The fourth-order valence-electron chi connectivity index (χ4n) is 3.97. The average Bonchev–Trinajstić information content (AvgIpc) is 3.59. The predicted molar refractivity (Wildman–Crippen MR) is 124 cm³/mol. The Labute approximate surface area is 193 Å². The number of halogens is 1. The van der Waals surface area contributed by atoms with Crippen LogP contribution < -0.4 is 4.90 Å². The van der Waals surface area contributed by atoms with Crippen molar-refractivity contribution in [2.24, 2.45) is 0 Å². The smallest absolute Gasteiger partial charge is 0.296 e. The number of fused-ring (bicyclic) bond motifs is 2. The number of furan rings is 1. The van der Waals surface area contributed by atoms with Gasteiger partial charge in [-0.15, -0.1) is 11.3 Å². The van der Waals surface area contributed by atoms with Crippen LogP contribution in [0.15, 0.2) is 81.8 Å². The minimum Gasteiger partial charge on any atom is -0.503 e. The molecule has 1 atom stereocenters. The van der Waals surface area contributed by atoms with E-state index in [1.54, 1.807) is 30.3 Å². The van der Waals surface area contributed by atoms with Crippen LogP contribution in [-0.4, -0.2) is 21.8 Å². The van der Waals surface area contributed by atoms with Crippen LogP contribution in [0, 0.1) is 5.82 Å². The summed E-state index contributed by atoms with van der Waals surface area (Å²) in [5.74, 6) is -2.36. The van der Waals surface area contributed by atoms with Crippen LogP contribution in [0.3, 0.4) is 0 Å². The van der Waals surface area contributed by atoms with Gasteiger partial charge in [-0.3, -0.25) is 14.5 Å². The second-order valence-electron chi connectivity index (χ2n) is 7.44. The quantitative estimate of drug-likeness (QED) is 0.321. The molecule has 0 fully saturated rings. The topological polar surface area (TPSA) is 83.6 Å². The van der Waals surface area contributed by atoms with Crippen molar-refractivity contribution in [3.05, 3.63) is 93.8 Å². The maximum absolute atomic E-state index is 13.7. The molecule has 2 aromatic carbocycles. The molecular formula is C24H13FN2O4S2. The molecule has 0 radical (unpaired) electrons. The maximum Gasteiger partial charge on any atom is 0.296 e. The minimum absolute atomic E-state index is 0.0281. The number of hydrogen-bond donors (Lipinski definition) is 1. The van der Waals surface area contributed by atoms with Crippen LogP contribution in [0.4, 0.5) is 9.52 Å². The van der Waals surface area contributed by atoms with Gasteiger partial charge in [0.15, 0.2) is 16.7 Å². The van der Waals surface area contributed by atoms with E-state index in [9.17, 15) is 19.1 Å². The summed E-state index contributed by atoms with van der Waals surface area (Å²) >= 11 is 2.46. The Balaban J connectivity index is 1.49. The highest BCUT2D eigenvalue weighted by Crippen LogP contribution is 2.45. The van der Waals surface area contributed by atoms with E-state index in [0.29, 0.717) is 20.7 Å². The summed E-state index contributed by atoms with van der Waals surface area (Å²) in [6, 6.07) is 15.6. The van der Waals surface area contributed by atoms with Crippen molar-refractivity contribution in [3.63, 3.8) is 0 Å². The summed E-state index contributed by atoms with van der Waals surface area (Å²) in [6.45, 7) is 0. The molecule has 1 amide bonds. The number of thiophene rings is 1. The average molecular weight is 477 g/mol. The number of rotatable bonds is 4. The van der Waals surface area contributed by atoms with Gasteiger partial charge in [0.1, 0.15) is 17.4 Å². The molecule has 6 nitrogen and oxygen atoms in total. The Morgan fingerprint density at radius 1 is 1.12 bits per heavy atom. The van der Waals surface area contributed by atoms with Gasteiger partial charge >= 0.3 is 0 Å². The number of aliphatic hydroxyl groups excluding tert-OH is 1. The molecule has 4 heterocycles. The summed E-state index contributed by atoms with van der Waals surface area (Å²) in [5, 5.41) is 13.7. The van der Waals surface area contributed by atoms with Crippen molar-refractivity contribution in [1.29, 1.82) is 0 Å². The van der Waals surface area contributed by atoms with Crippen molar-refractivity contribution in [2.45, 2.75) is 6.04 Å². The fourth-order valence-corrected chi connectivity index (χ4v) is 5.81. The normalized spacial score (nSPS) is 16.5. The van der Waals surface area contributed by atoms with E-state index < -0.39 is 29.3 Å². The van der Waals surface area contributed by atoms with Gasteiger partial charge in [0.25, 0.3) is 5.91 Å². The number of aliphatic hydroxyl groups is 1. The Hall–Kier alpha value is -3.82. The number of thiazole rings is 1. The highest BCUT2D eigenvalue weighted by Gasteiger charge is 2.47. The minimum atomic E-state index is -0.886. The first-order valence-electron chi connectivity index (χ1n) is 9.91. The first kappa shape index (κ1) is 19.8. The van der Waals surface area contributed by atoms with Gasteiger partial charge in [-0.05, 0) is 41.8 Å². The Morgan fingerprint density at radius 2 is 1.97 bits per heavy atom. The van der Waals surface area contributed by atoms with Crippen LogP contribution in [0.2, 0.25) is 0 Å². The van der Waals surface area contributed by atoms with Crippen LogP contribution in [0.25, 0.3) is 21.2 Å². The monoisotopic (exact) mass is 476 g/mol. The van der Waals surface area contributed by atoms with E-state index in [1.165, 1.54) is 34.4 Å². The predicted octanol–water partition coefficient (Wildman–Crippen LogP) is 6.03. The molecule has 1 unspecified atom stereocenters. The standard InChI is InChI=1S/C24H13FN2O4S2/c25-13-7-8-14-18(11-13)33-24(26-14)27-20(17-6-3-9-32-17)19(22(29)23(27)30)21(28)16-10-12-4-1-2-5-15(12)31-16/h1-11,20,29H. The summed E-state index contributed by atoms with van der Waals surface area (Å²) in [4.78, 5) is 33.2. The molecule has 0 saturated heterocycles. The molecule has 5 aromatic rings. The van der Waals surface area contributed by atoms with Gasteiger partial charge in [0.2, 0.25) is 5.78 Å². The highest BCUT2D eigenvalue weighted by molar-refractivity contribution is 7.22. The number of benzene rings is 2. The van der Waals surface area contributed by atoms with E-state index in [-0.39, 0.29) is 16.5 Å². The number of carbonyl (C=O) groups is 2. The van der Waals surface area contributed by atoms with Crippen LogP contribution in [-0.2, 0) is 4.79 Å². The lowest BCUT2D eigenvalue weighted by atomic mass is 10.0. The number of carbonyl (C=O) groups excluding carboxylic acids is 2. The zero-order valence-corrected chi connectivity index (χ0v) is 18.3. The lowest BCUT2D eigenvalue weighted by Crippen LogP contribution is -2.30. The molecule has 3 aromatic heterocycles. The van der Waals surface area contributed by atoms with E-state index in [4.69, 9.17) is 4.42 Å². The number of nitrogens with zero attached hydrogens (tertiary/aromatic N) is 2. The van der Waals surface area contributed by atoms with Gasteiger partial charge in [0.05, 0.1) is 15.8 Å². The number of anilines is 1. The summed E-state index contributed by atoms with van der Waals surface area (Å²) in [7, 11) is 0. The van der Waals surface area contributed by atoms with Gasteiger partial charge in [-0.1, -0.05) is 35.6 Å². The molecule has 33 heavy (non-hydrogen) atoms. The molecule has 6 rings (SSSR count). The third-order valence-electron chi connectivity index (χ3n) is 5.46. The zero-order valence-electron chi connectivity index (χ0n) is 16.7. The van der Waals surface area contributed by atoms with Crippen molar-refractivity contribution in [3.8, 4) is 0 Å². The summed E-state index contributed by atoms with van der Waals surface area (Å²) < 4.78 is 20.0. The Kier molecular flexibility index (Phi) is 4.42. The largest absolute Gasteiger partial charge is 0.503 e. The molecule has 0 saturated carbocycles. The third kappa shape index (κ3) is 3.08. The molecular weight excluding hydrogens is 463 g/mol. The number of amides is 1. The van der Waals surface area contributed by atoms with Crippen LogP contribution in [0.1, 0.15) is 21.5 Å². The van der Waals surface area contributed by atoms with E-state index in [2.05, 4.69) is 4.98 Å². The van der Waals surface area contributed by atoms with Gasteiger partial charge in [0, 0.05) is 10.3 Å². The first-order valence-corrected chi connectivity index (χ1v) is 11.6. The number of para-hydroxylation sites is 1. The molecule has 0 spiro atoms. The Morgan fingerprint density at radius 3 is 2.76 bits per heavy atom. The molecule has 162 valence electrons. The number of hydrogen-bond acceptors (Lipinski definition) is 7. The molecule has 0 bridgehead atoms. The maximum atomic E-state index is 13.7. The zero-order chi connectivity index (χ0) is 22.7. The van der Waals surface area contributed by atoms with E-state index in [1.807, 2.05) is 17.5 Å². The van der Waals surface area contributed by atoms with E-state index >= 15 is 0 Å².